The zero-order chi connectivity index (χ0) is 18.4. The van der Waals surface area contributed by atoms with E-state index in [9.17, 15) is 9.59 Å². The van der Waals surface area contributed by atoms with Gasteiger partial charge in [-0.1, -0.05) is 17.4 Å². The summed E-state index contributed by atoms with van der Waals surface area (Å²) in [5.74, 6) is 0.124. The van der Waals surface area contributed by atoms with Gasteiger partial charge < -0.3 is 4.74 Å². The van der Waals surface area contributed by atoms with Gasteiger partial charge in [0.25, 0.3) is 11.8 Å². The Hall–Kier alpha value is -2.49. The third-order valence-corrected chi connectivity index (χ3v) is 6.00. The summed E-state index contributed by atoms with van der Waals surface area (Å²) in [6, 6.07) is 3.84. The van der Waals surface area contributed by atoms with Crippen molar-refractivity contribution in [2.75, 3.05) is 12.5 Å². The first-order chi connectivity index (χ1) is 12.5. The quantitative estimate of drug-likeness (QED) is 0.644. The van der Waals surface area contributed by atoms with Crippen molar-refractivity contribution in [3.8, 4) is 15.8 Å². The highest BCUT2D eigenvalue weighted by Crippen LogP contribution is 2.40. The average molecular weight is 423 g/mol. The van der Waals surface area contributed by atoms with E-state index in [1.165, 1.54) is 28.7 Å². The fourth-order valence-electron chi connectivity index (χ4n) is 2.71. The van der Waals surface area contributed by atoms with Gasteiger partial charge in [0.2, 0.25) is 0 Å². The molecule has 27 heavy (non-hydrogen) atoms. The van der Waals surface area contributed by atoms with Gasteiger partial charge in [-0.3, -0.25) is 15.0 Å². The molecule has 4 heterocycles. The van der Waals surface area contributed by atoms with Crippen LogP contribution in [-0.4, -0.2) is 33.9 Å². The summed E-state index contributed by atoms with van der Waals surface area (Å²) in [5.41, 5.74) is 4.12. The number of thiophene rings is 2. The molecule has 0 spiro atoms. The van der Waals surface area contributed by atoms with E-state index in [4.69, 9.17) is 4.74 Å². The van der Waals surface area contributed by atoms with Crippen molar-refractivity contribution in [1.82, 2.24) is 15.0 Å². The molecule has 7 nitrogen and oxygen atoms in total. The van der Waals surface area contributed by atoms with Crippen LogP contribution >= 0.6 is 35.1 Å². The lowest BCUT2D eigenvalue weighted by Gasteiger charge is -2.17. The normalized spacial score (nSPS) is 13.7. The molecule has 0 aromatic carbocycles. The molecule has 3 aromatic heterocycles. The number of methoxy groups -OCH3 is 1. The van der Waals surface area contributed by atoms with Crippen LogP contribution in [-0.2, 0) is 9.59 Å². The van der Waals surface area contributed by atoms with Crippen molar-refractivity contribution in [1.29, 1.82) is 0 Å². The number of imide groups is 1. The van der Waals surface area contributed by atoms with Crippen LogP contribution in [0.4, 0.5) is 5.82 Å². The summed E-state index contributed by atoms with van der Waals surface area (Å²) >= 11 is 2.92. The first kappa shape index (κ1) is 19.3. The Morgan fingerprint density at radius 2 is 2.00 bits per heavy atom. The Morgan fingerprint density at radius 3 is 2.59 bits per heavy atom. The van der Waals surface area contributed by atoms with Gasteiger partial charge in [0.1, 0.15) is 4.83 Å². The molecule has 0 aliphatic carbocycles. The Balaban J connectivity index is 0.00000210. The smallest absolute Gasteiger partial charge is 0.275 e. The summed E-state index contributed by atoms with van der Waals surface area (Å²) < 4.78 is 5.41. The minimum Gasteiger partial charge on any atom is -0.487 e. The lowest BCUT2D eigenvalue weighted by atomic mass is 10.2. The van der Waals surface area contributed by atoms with E-state index in [1.807, 2.05) is 24.4 Å². The minimum absolute atomic E-state index is 0. The number of nitrogens with zero attached hydrogens (tertiary/aromatic N) is 3. The first-order valence-corrected chi connectivity index (χ1v) is 9.41. The number of halogens is 1. The fraction of sp³-hybridized carbons (Fsp3) is 0.176. The van der Waals surface area contributed by atoms with Crippen LogP contribution in [0, 0.1) is 6.92 Å². The van der Waals surface area contributed by atoms with Crippen molar-refractivity contribution in [3.05, 3.63) is 34.7 Å². The van der Waals surface area contributed by atoms with Crippen LogP contribution < -0.4 is 10.2 Å². The number of aromatic nitrogens is 2. The van der Waals surface area contributed by atoms with Gasteiger partial charge in [-0.2, -0.15) is 5.01 Å². The van der Waals surface area contributed by atoms with Gasteiger partial charge in [-0.05, 0) is 25.3 Å². The maximum Gasteiger partial charge on any atom is 0.275 e. The molecule has 0 unspecified atom stereocenters. The second kappa shape index (κ2) is 7.26. The molecule has 1 N–H and O–H groups in total. The van der Waals surface area contributed by atoms with E-state index in [-0.39, 0.29) is 18.3 Å². The Morgan fingerprint density at radius 1 is 1.22 bits per heavy atom. The SMILES string of the molecule is COc1sc2nc(-c3cccs3)nc(NN3C(=O)C=C(C)C3=O)c2c1C.Cl. The summed E-state index contributed by atoms with van der Waals surface area (Å²) in [6.45, 7) is 3.50. The number of carbonyl (C=O) groups is 2. The van der Waals surface area contributed by atoms with Crippen LogP contribution in [0.15, 0.2) is 29.2 Å². The highest BCUT2D eigenvalue weighted by molar-refractivity contribution is 7.20. The molecule has 3 aromatic rings. The lowest BCUT2D eigenvalue weighted by molar-refractivity contribution is -0.135. The van der Waals surface area contributed by atoms with Gasteiger partial charge in [0, 0.05) is 17.2 Å². The number of fused-ring (bicyclic) bond motifs is 1. The van der Waals surface area contributed by atoms with Crippen LogP contribution in [0.2, 0.25) is 0 Å². The molecule has 0 atom stereocenters. The molecule has 1 aliphatic heterocycles. The molecule has 0 saturated carbocycles. The largest absolute Gasteiger partial charge is 0.487 e. The van der Waals surface area contributed by atoms with E-state index in [1.54, 1.807) is 14.0 Å². The molecular weight excluding hydrogens is 408 g/mol. The van der Waals surface area contributed by atoms with Gasteiger partial charge >= 0.3 is 0 Å². The maximum absolute atomic E-state index is 12.2. The Bertz CT molecular complexity index is 1080. The zero-order valence-corrected chi connectivity index (χ0v) is 17.1. The number of ether oxygens (including phenoxy) is 1. The second-order valence-electron chi connectivity index (χ2n) is 5.69. The van der Waals surface area contributed by atoms with Crippen LogP contribution in [0.5, 0.6) is 5.06 Å². The van der Waals surface area contributed by atoms with Crippen molar-refractivity contribution in [2.45, 2.75) is 13.8 Å². The summed E-state index contributed by atoms with van der Waals surface area (Å²) in [5, 5.41) is 4.36. The molecule has 0 fully saturated rings. The number of hydrogen-bond donors (Lipinski definition) is 1. The van der Waals surface area contributed by atoms with Crippen molar-refractivity contribution >= 4 is 62.9 Å². The van der Waals surface area contributed by atoms with E-state index >= 15 is 0 Å². The van der Waals surface area contributed by atoms with Crippen LogP contribution in [0.25, 0.3) is 20.9 Å². The number of aryl methyl sites for hydroxylation is 1. The van der Waals surface area contributed by atoms with Crippen molar-refractivity contribution in [3.63, 3.8) is 0 Å². The summed E-state index contributed by atoms with van der Waals surface area (Å²) in [4.78, 5) is 35.2. The van der Waals surface area contributed by atoms with Gasteiger partial charge in [0.05, 0.1) is 17.4 Å². The summed E-state index contributed by atoms with van der Waals surface area (Å²) in [7, 11) is 1.60. The third kappa shape index (κ3) is 3.18. The number of anilines is 1. The molecule has 10 heteroatoms. The maximum atomic E-state index is 12.2. The third-order valence-electron chi connectivity index (χ3n) is 3.99. The Labute approximate surface area is 169 Å². The number of hydrazine groups is 1. The number of hydrogen-bond acceptors (Lipinski definition) is 8. The van der Waals surface area contributed by atoms with Crippen molar-refractivity contribution < 1.29 is 14.3 Å². The fourth-order valence-corrected chi connectivity index (χ4v) is 4.37. The number of amides is 2. The van der Waals surface area contributed by atoms with E-state index in [2.05, 4.69) is 15.4 Å². The van der Waals surface area contributed by atoms with Gasteiger partial charge in [-0.15, -0.1) is 23.7 Å². The highest BCUT2D eigenvalue weighted by atomic mass is 35.5. The highest BCUT2D eigenvalue weighted by Gasteiger charge is 2.30. The predicted molar refractivity (Wildman–Crippen MR) is 108 cm³/mol. The molecule has 0 saturated heterocycles. The number of carbonyl (C=O) groups excluding carboxylic acids is 2. The Kier molecular flexibility index (Phi) is 5.18. The second-order valence-corrected chi connectivity index (χ2v) is 7.60. The molecule has 4 rings (SSSR count). The van der Waals surface area contributed by atoms with Crippen LogP contribution in [0.3, 0.4) is 0 Å². The predicted octanol–water partition coefficient (Wildman–Crippen LogP) is 3.80. The minimum atomic E-state index is -0.420. The van der Waals surface area contributed by atoms with E-state index in [0.29, 0.717) is 22.3 Å². The first-order valence-electron chi connectivity index (χ1n) is 7.72. The van der Waals surface area contributed by atoms with Gasteiger partial charge in [0.15, 0.2) is 16.7 Å². The number of rotatable bonds is 4. The van der Waals surface area contributed by atoms with E-state index < -0.39 is 5.91 Å². The molecule has 0 radical (unpaired) electrons. The molecule has 2 amide bonds. The topological polar surface area (TPSA) is 84.4 Å². The molecule has 0 bridgehead atoms. The monoisotopic (exact) mass is 422 g/mol. The lowest BCUT2D eigenvalue weighted by Crippen LogP contribution is -2.36. The van der Waals surface area contributed by atoms with E-state index in [0.717, 1.165) is 25.7 Å². The van der Waals surface area contributed by atoms with Crippen LogP contribution in [0.1, 0.15) is 12.5 Å². The summed E-state index contributed by atoms with van der Waals surface area (Å²) in [6.07, 6.45) is 1.30. The zero-order valence-electron chi connectivity index (χ0n) is 14.6. The standard InChI is InChI=1S/C17H14N4O3S2.ClH/c1-8-7-11(22)21(16(8)23)20-14-12-9(2)17(24-3)26-15(12)19-13(18-14)10-5-4-6-25-10;/h4-7H,1-3H3,(H,18,19,20);1H. The molecule has 1 aliphatic rings. The average Bonchev–Trinajstić information content (AvgIpc) is 3.31. The molecule has 140 valence electrons. The molecular formula is C17H15ClN4O3S2. The van der Waals surface area contributed by atoms with Crippen molar-refractivity contribution in [2.24, 2.45) is 0 Å². The number of nitrogens with one attached hydrogen (secondary N) is 1. The van der Waals surface area contributed by atoms with Gasteiger partial charge in [-0.25, -0.2) is 9.97 Å².